The number of rotatable bonds is 7. The molecule has 2 fully saturated rings. The number of benzene rings is 2. The van der Waals surface area contributed by atoms with Crippen LogP contribution in [-0.4, -0.2) is 48.3 Å². The Labute approximate surface area is 223 Å². The Morgan fingerprint density at radius 3 is 2.22 bits per heavy atom. The zero-order valence-corrected chi connectivity index (χ0v) is 21.9. The molecule has 2 amide bonds. The number of carbonyl (C=O) groups excluding carboxylic acids is 2. The first kappa shape index (κ1) is 27.4. The molecule has 4 rings (SSSR count). The highest BCUT2D eigenvalue weighted by Gasteiger charge is 2.42. The first-order valence-corrected chi connectivity index (χ1v) is 12.8. The monoisotopic (exact) mass is 557 g/mol. The second-order valence-corrected chi connectivity index (χ2v) is 10.8. The summed E-state index contributed by atoms with van der Waals surface area (Å²) < 4.78 is 43.0. The van der Waals surface area contributed by atoms with E-state index in [2.05, 4.69) is 10.2 Å². The van der Waals surface area contributed by atoms with Gasteiger partial charge in [-0.3, -0.25) is 9.59 Å². The standard InChI is InChI=1S/C26H28Cl2F3N3O3/c1-25(2,37-22-10-5-16(27)11-21(22)28)24(36)33-17-12-19-8-9-20(13-17)34(19)18-6-3-15(4-7-18)23(35)32-14-26(29,30)31/h3-7,10-11,17,19-20H,8-9,12-14H2,1-2H3,(H,32,35)(H,33,36)/t17-,19+,20-. The lowest BCUT2D eigenvalue weighted by Crippen LogP contribution is -2.55. The second-order valence-electron chi connectivity index (χ2n) is 9.97. The quantitative estimate of drug-likeness (QED) is 0.454. The van der Waals surface area contributed by atoms with Gasteiger partial charge in [-0.1, -0.05) is 23.2 Å². The molecule has 2 aliphatic heterocycles. The van der Waals surface area contributed by atoms with Gasteiger partial charge >= 0.3 is 6.18 Å². The van der Waals surface area contributed by atoms with E-state index in [0.717, 1.165) is 31.4 Å². The van der Waals surface area contributed by atoms with Gasteiger partial charge in [0.25, 0.3) is 11.8 Å². The third-order valence-corrected chi connectivity index (χ3v) is 7.28. The summed E-state index contributed by atoms with van der Waals surface area (Å²) in [7, 11) is 0. The molecule has 2 aromatic rings. The second kappa shape index (κ2) is 10.6. The number of amides is 2. The Hall–Kier alpha value is -2.65. The van der Waals surface area contributed by atoms with E-state index >= 15 is 0 Å². The van der Waals surface area contributed by atoms with Crippen LogP contribution in [0.1, 0.15) is 49.9 Å². The molecule has 0 aliphatic carbocycles. The summed E-state index contributed by atoms with van der Waals surface area (Å²) in [5, 5.41) is 5.81. The third-order valence-electron chi connectivity index (χ3n) is 6.75. The van der Waals surface area contributed by atoms with Gasteiger partial charge in [-0.25, -0.2) is 0 Å². The zero-order chi connectivity index (χ0) is 27.0. The van der Waals surface area contributed by atoms with Gasteiger partial charge in [-0.15, -0.1) is 0 Å². The Kier molecular flexibility index (Phi) is 7.85. The molecular formula is C26H28Cl2F3N3O3. The summed E-state index contributed by atoms with van der Waals surface area (Å²) in [6.45, 7) is 2.00. The van der Waals surface area contributed by atoms with Crippen molar-refractivity contribution in [1.82, 2.24) is 10.6 Å². The number of anilines is 1. The highest BCUT2D eigenvalue weighted by atomic mass is 35.5. The van der Waals surface area contributed by atoms with E-state index in [1.807, 2.05) is 5.32 Å². The molecule has 200 valence electrons. The van der Waals surface area contributed by atoms with Gasteiger partial charge in [0.05, 0.1) is 5.02 Å². The molecule has 2 saturated heterocycles. The van der Waals surface area contributed by atoms with E-state index in [1.54, 1.807) is 44.2 Å². The van der Waals surface area contributed by atoms with Crippen LogP contribution in [0.4, 0.5) is 18.9 Å². The van der Waals surface area contributed by atoms with Crippen LogP contribution >= 0.6 is 23.2 Å². The van der Waals surface area contributed by atoms with Crippen molar-refractivity contribution in [2.75, 3.05) is 11.4 Å². The predicted octanol–water partition coefficient (Wildman–Crippen LogP) is 5.76. The number of nitrogens with one attached hydrogen (secondary N) is 2. The van der Waals surface area contributed by atoms with Crippen LogP contribution in [0.15, 0.2) is 42.5 Å². The van der Waals surface area contributed by atoms with Crippen LogP contribution in [-0.2, 0) is 4.79 Å². The van der Waals surface area contributed by atoms with E-state index in [0.29, 0.717) is 15.8 Å². The van der Waals surface area contributed by atoms with Crippen LogP contribution in [0.3, 0.4) is 0 Å². The number of nitrogens with zero attached hydrogens (tertiary/aromatic N) is 1. The van der Waals surface area contributed by atoms with Crippen molar-refractivity contribution in [3.05, 3.63) is 58.1 Å². The molecule has 2 N–H and O–H groups in total. The highest BCUT2D eigenvalue weighted by Crippen LogP contribution is 2.40. The van der Waals surface area contributed by atoms with E-state index in [1.165, 1.54) is 12.1 Å². The average Bonchev–Trinajstić information content (AvgIpc) is 3.09. The maximum absolute atomic E-state index is 13.1. The first-order valence-electron chi connectivity index (χ1n) is 12.0. The predicted molar refractivity (Wildman–Crippen MR) is 136 cm³/mol. The lowest BCUT2D eigenvalue weighted by Gasteiger charge is -2.41. The van der Waals surface area contributed by atoms with Crippen LogP contribution in [0.2, 0.25) is 10.0 Å². The highest BCUT2D eigenvalue weighted by molar-refractivity contribution is 6.35. The lowest BCUT2D eigenvalue weighted by atomic mass is 9.95. The van der Waals surface area contributed by atoms with Crippen molar-refractivity contribution in [2.45, 2.75) is 69.4 Å². The maximum atomic E-state index is 13.1. The van der Waals surface area contributed by atoms with Crippen molar-refractivity contribution in [3.8, 4) is 5.75 Å². The molecule has 0 saturated carbocycles. The summed E-state index contributed by atoms with van der Waals surface area (Å²) in [6.07, 6.45) is -1.04. The normalized spacial score (nSPS) is 21.5. The van der Waals surface area contributed by atoms with Crippen LogP contribution < -0.4 is 20.3 Å². The van der Waals surface area contributed by atoms with Gasteiger partial charge in [-0.2, -0.15) is 13.2 Å². The van der Waals surface area contributed by atoms with Crippen molar-refractivity contribution in [1.29, 1.82) is 0 Å². The number of fused-ring (bicyclic) bond motifs is 2. The molecule has 0 spiro atoms. The number of carbonyl (C=O) groups is 2. The SMILES string of the molecule is CC(C)(Oc1ccc(Cl)cc1Cl)C(=O)N[C@H]1C[C@H]2CC[C@@H](C1)N2c1ccc(C(=O)NCC(F)(F)F)cc1. The zero-order valence-electron chi connectivity index (χ0n) is 20.4. The van der Waals surface area contributed by atoms with Crippen LogP contribution in [0.5, 0.6) is 5.75 Å². The average molecular weight is 558 g/mol. The molecule has 2 bridgehead atoms. The van der Waals surface area contributed by atoms with Gasteiger partial charge in [0, 0.05) is 34.4 Å². The molecule has 2 aliphatic rings. The maximum Gasteiger partial charge on any atom is 0.405 e. The molecule has 37 heavy (non-hydrogen) atoms. The van der Waals surface area contributed by atoms with Crippen molar-refractivity contribution in [3.63, 3.8) is 0 Å². The van der Waals surface area contributed by atoms with E-state index in [4.69, 9.17) is 27.9 Å². The van der Waals surface area contributed by atoms with Gasteiger partial charge < -0.3 is 20.3 Å². The largest absolute Gasteiger partial charge is 0.476 e. The minimum Gasteiger partial charge on any atom is -0.476 e. The van der Waals surface area contributed by atoms with Gasteiger partial charge in [0.1, 0.15) is 12.3 Å². The Balaban J connectivity index is 1.35. The fourth-order valence-corrected chi connectivity index (χ4v) is 5.47. The topological polar surface area (TPSA) is 70.7 Å². The van der Waals surface area contributed by atoms with E-state index in [9.17, 15) is 22.8 Å². The Bertz CT molecular complexity index is 1140. The van der Waals surface area contributed by atoms with E-state index < -0.39 is 24.2 Å². The molecule has 2 aromatic carbocycles. The summed E-state index contributed by atoms with van der Waals surface area (Å²) >= 11 is 12.1. The smallest absolute Gasteiger partial charge is 0.405 e. The fraction of sp³-hybridized carbons (Fsp3) is 0.462. The lowest BCUT2D eigenvalue weighted by molar-refractivity contribution is -0.135. The first-order chi connectivity index (χ1) is 17.3. The molecule has 3 atom stereocenters. The fourth-order valence-electron chi connectivity index (χ4n) is 5.02. The Morgan fingerprint density at radius 1 is 1.03 bits per heavy atom. The third kappa shape index (κ3) is 6.62. The summed E-state index contributed by atoms with van der Waals surface area (Å²) in [5.74, 6) is -0.639. The van der Waals surface area contributed by atoms with Gasteiger partial charge in [-0.05, 0) is 82.0 Å². The Morgan fingerprint density at radius 2 is 1.65 bits per heavy atom. The van der Waals surface area contributed by atoms with Gasteiger partial charge in [0.15, 0.2) is 5.60 Å². The molecule has 6 nitrogen and oxygen atoms in total. The number of alkyl halides is 3. The molecule has 11 heteroatoms. The van der Waals surface area contributed by atoms with Gasteiger partial charge in [0.2, 0.25) is 0 Å². The van der Waals surface area contributed by atoms with Crippen LogP contribution in [0.25, 0.3) is 0 Å². The molecule has 2 heterocycles. The summed E-state index contributed by atoms with van der Waals surface area (Å²) in [5.41, 5.74) is -0.0768. The number of piperidine rings is 1. The van der Waals surface area contributed by atoms with Crippen molar-refractivity contribution >= 4 is 40.7 Å². The van der Waals surface area contributed by atoms with Crippen molar-refractivity contribution < 1.29 is 27.5 Å². The molecule has 0 aromatic heterocycles. The summed E-state index contributed by atoms with van der Waals surface area (Å²) in [6, 6.07) is 11.8. The molecule has 0 unspecified atom stereocenters. The number of halogens is 5. The van der Waals surface area contributed by atoms with Crippen LogP contribution in [0, 0.1) is 0 Å². The molecular weight excluding hydrogens is 530 g/mol. The number of hydrogen-bond donors (Lipinski definition) is 2. The summed E-state index contributed by atoms with van der Waals surface area (Å²) in [4.78, 5) is 27.4. The number of hydrogen-bond acceptors (Lipinski definition) is 4. The van der Waals surface area contributed by atoms with Crippen molar-refractivity contribution in [2.24, 2.45) is 0 Å². The van der Waals surface area contributed by atoms with E-state index in [-0.39, 0.29) is 29.6 Å². The number of ether oxygens (including phenoxy) is 1. The molecule has 0 radical (unpaired) electrons. The minimum atomic E-state index is -4.46. The minimum absolute atomic E-state index is 0.0303.